The molecule has 0 spiro atoms. The van der Waals surface area contributed by atoms with Crippen molar-refractivity contribution in [3.05, 3.63) is 63.5 Å². The summed E-state index contributed by atoms with van der Waals surface area (Å²) in [6.07, 6.45) is 1.85. The Morgan fingerprint density at radius 2 is 2.14 bits per heavy atom. The van der Waals surface area contributed by atoms with Gasteiger partial charge in [-0.2, -0.15) is 0 Å². The predicted octanol–water partition coefficient (Wildman–Crippen LogP) is 3.08. The fraction of sp³-hybridized carbons (Fsp3) is 0.0714. The highest BCUT2D eigenvalue weighted by Crippen LogP contribution is 2.19. The number of carbonyl (C=O) groups is 1. The van der Waals surface area contributed by atoms with Crippen LogP contribution in [0.15, 0.2) is 47.1 Å². The first kappa shape index (κ1) is 14.0. The summed E-state index contributed by atoms with van der Waals surface area (Å²) in [7, 11) is 0. The van der Waals surface area contributed by atoms with Crippen LogP contribution in [0.1, 0.15) is 16.2 Å². The number of benzene rings is 1. The number of halogens is 2. The molecule has 7 heteroatoms. The molecule has 3 rings (SSSR count). The van der Waals surface area contributed by atoms with Gasteiger partial charge in [0.1, 0.15) is 0 Å². The molecule has 2 aromatic heterocycles. The van der Waals surface area contributed by atoms with Crippen molar-refractivity contribution in [3.8, 4) is 0 Å². The van der Waals surface area contributed by atoms with Gasteiger partial charge in [-0.1, -0.05) is 33.6 Å². The van der Waals surface area contributed by atoms with Gasteiger partial charge in [-0.3, -0.25) is 9.20 Å². The normalized spacial score (nSPS) is 10.8. The molecule has 0 radical (unpaired) electrons. The van der Waals surface area contributed by atoms with Crippen molar-refractivity contribution in [1.29, 1.82) is 0 Å². The molecule has 0 fully saturated rings. The lowest BCUT2D eigenvalue weighted by atomic mass is 10.2. The molecular formula is C14H10BrClN4O. The molecule has 0 unspecified atom stereocenters. The number of carbonyl (C=O) groups excluding carboxylic acids is 1. The summed E-state index contributed by atoms with van der Waals surface area (Å²) in [5, 5.41) is 11.4. The summed E-state index contributed by atoms with van der Waals surface area (Å²) >= 11 is 9.25. The lowest BCUT2D eigenvalue weighted by molar-refractivity contribution is 0.0949. The topological polar surface area (TPSA) is 59.3 Å². The lowest BCUT2D eigenvalue weighted by Gasteiger charge is -2.05. The highest BCUT2D eigenvalue weighted by molar-refractivity contribution is 9.10. The number of amides is 1. The van der Waals surface area contributed by atoms with E-state index in [2.05, 4.69) is 31.4 Å². The van der Waals surface area contributed by atoms with Gasteiger partial charge >= 0.3 is 0 Å². The molecule has 1 N–H and O–H groups in total. The molecule has 5 nitrogen and oxygen atoms in total. The highest BCUT2D eigenvalue weighted by Gasteiger charge is 2.10. The van der Waals surface area contributed by atoms with E-state index >= 15 is 0 Å². The van der Waals surface area contributed by atoms with Gasteiger partial charge in [-0.15, -0.1) is 10.2 Å². The van der Waals surface area contributed by atoms with Gasteiger partial charge in [0.15, 0.2) is 11.5 Å². The van der Waals surface area contributed by atoms with Crippen molar-refractivity contribution in [2.75, 3.05) is 0 Å². The number of aromatic nitrogens is 3. The maximum Gasteiger partial charge on any atom is 0.251 e. The minimum atomic E-state index is -0.217. The molecule has 0 aliphatic heterocycles. The van der Waals surface area contributed by atoms with E-state index in [-0.39, 0.29) is 12.5 Å². The summed E-state index contributed by atoms with van der Waals surface area (Å²) in [6, 6.07) is 10.7. The number of fused-ring (bicyclic) bond motifs is 1. The van der Waals surface area contributed by atoms with Crippen LogP contribution in [-0.2, 0) is 6.54 Å². The smallest absolute Gasteiger partial charge is 0.251 e. The van der Waals surface area contributed by atoms with E-state index in [1.807, 2.05) is 28.8 Å². The average Bonchev–Trinajstić information content (AvgIpc) is 2.87. The van der Waals surface area contributed by atoms with Crippen molar-refractivity contribution in [2.45, 2.75) is 6.54 Å². The fourth-order valence-electron chi connectivity index (χ4n) is 1.96. The first-order valence-corrected chi connectivity index (χ1v) is 7.33. The number of nitrogens with zero attached hydrogens (tertiary/aromatic N) is 3. The minimum Gasteiger partial charge on any atom is -0.345 e. The first-order valence-electron chi connectivity index (χ1n) is 6.16. The molecule has 0 saturated carbocycles. The first-order chi connectivity index (χ1) is 10.1. The van der Waals surface area contributed by atoms with Crippen molar-refractivity contribution in [1.82, 2.24) is 19.9 Å². The van der Waals surface area contributed by atoms with Crippen LogP contribution in [0.4, 0.5) is 0 Å². The maximum absolute atomic E-state index is 12.1. The number of rotatable bonds is 3. The fourth-order valence-corrected chi connectivity index (χ4v) is 2.82. The van der Waals surface area contributed by atoms with Crippen LogP contribution in [0, 0.1) is 0 Å². The van der Waals surface area contributed by atoms with E-state index in [9.17, 15) is 4.79 Å². The third-order valence-electron chi connectivity index (χ3n) is 2.92. The van der Waals surface area contributed by atoms with Crippen LogP contribution in [0.2, 0.25) is 5.02 Å². The van der Waals surface area contributed by atoms with Crippen molar-refractivity contribution in [2.24, 2.45) is 0 Å². The molecule has 0 bridgehead atoms. The number of pyridine rings is 1. The largest absolute Gasteiger partial charge is 0.345 e. The molecular weight excluding hydrogens is 356 g/mol. The van der Waals surface area contributed by atoms with Gasteiger partial charge in [0.2, 0.25) is 0 Å². The zero-order valence-corrected chi connectivity index (χ0v) is 13.1. The second kappa shape index (κ2) is 5.83. The molecule has 106 valence electrons. The van der Waals surface area contributed by atoms with Crippen molar-refractivity contribution < 1.29 is 4.79 Å². The Balaban J connectivity index is 1.76. The molecule has 3 aromatic rings. The molecule has 0 aliphatic carbocycles. The summed E-state index contributed by atoms with van der Waals surface area (Å²) in [5.74, 6) is 0.450. The Kier molecular flexibility index (Phi) is 3.90. The molecule has 1 aromatic carbocycles. The Hall–Kier alpha value is -1.92. The van der Waals surface area contributed by atoms with Crippen molar-refractivity contribution >= 4 is 39.1 Å². The van der Waals surface area contributed by atoms with Gasteiger partial charge in [-0.05, 0) is 30.3 Å². The Morgan fingerprint density at radius 3 is 2.95 bits per heavy atom. The second-order valence-corrected chi connectivity index (χ2v) is 5.74. The Morgan fingerprint density at radius 1 is 1.29 bits per heavy atom. The van der Waals surface area contributed by atoms with Crippen LogP contribution in [-0.4, -0.2) is 20.5 Å². The number of hydrogen-bond acceptors (Lipinski definition) is 3. The molecule has 1 amide bonds. The number of hydrogen-bond donors (Lipinski definition) is 1. The maximum atomic E-state index is 12.1. The Labute approximate surface area is 134 Å². The van der Waals surface area contributed by atoms with Crippen LogP contribution in [0.3, 0.4) is 0 Å². The Bertz CT molecular complexity index is 797. The molecule has 21 heavy (non-hydrogen) atoms. The predicted molar refractivity (Wildman–Crippen MR) is 83.3 cm³/mol. The average molecular weight is 366 g/mol. The van der Waals surface area contributed by atoms with Crippen LogP contribution < -0.4 is 5.32 Å². The highest BCUT2D eigenvalue weighted by atomic mass is 79.9. The summed E-state index contributed by atoms with van der Waals surface area (Å²) in [4.78, 5) is 12.1. The quantitative estimate of drug-likeness (QED) is 0.776. The van der Waals surface area contributed by atoms with E-state index in [4.69, 9.17) is 11.6 Å². The summed E-state index contributed by atoms with van der Waals surface area (Å²) < 4.78 is 2.59. The van der Waals surface area contributed by atoms with E-state index < -0.39 is 0 Å². The van der Waals surface area contributed by atoms with Gasteiger partial charge in [0, 0.05) is 21.3 Å². The number of nitrogens with one attached hydrogen (secondary N) is 1. The second-order valence-electron chi connectivity index (χ2n) is 4.39. The molecule has 0 aliphatic rings. The van der Waals surface area contributed by atoms with Crippen molar-refractivity contribution in [3.63, 3.8) is 0 Å². The summed E-state index contributed by atoms with van der Waals surface area (Å²) in [6.45, 7) is 0.286. The standard InChI is InChI=1S/C14H10BrClN4O/c15-10-5-9(6-11(16)7-10)14(21)17-8-13-19-18-12-3-1-2-4-20(12)13/h1-7H,8H2,(H,17,21). The zero-order chi connectivity index (χ0) is 14.8. The minimum absolute atomic E-state index is 0.217. The molecule has 0 atom stereocenters. The van der Waals surface area contributed by atoms with Gasteiger partial charge < -0.3 is 5.32 Å². The van der Waals surface area contributed by atoms with Gasteiger partial charge in [0.05, 0.1) is 6.54 Å². The van der Waals surface area contributed by atoms with E-state index in [0.717, 1.165) is 10.1 Å². The van der Waals surface area contributed by atoms with Crippen LogP contribution in [0.5, 0.6) is 0 Å². The van der Waals surface area contributed by atoms with Crippen LogP contribution >= 0.6 is 27.5 Å². The lowest BCUT2D eigenvalue weighted by Crippen LogP contribution is -2.24. The van der Waals surface area contributed by atoms with E-state index in [0.29, 0.717) is 16.4 Å². The zero-order valence-electron chi connectivity index (χ0n) is 10.8. The SMILES string of the molecule is O=C(NCc1nnc2ccccn12)c1cc(Cl)cc(Br)c1. The van der Waals surface area contributed by atoms with Gasteiger partial charge in [-0.25, -0.2) is 0 Å². The monoisotopic (exact) mass is 364 g/mol. The van der Waals surface area contributed by atoms with Crippen LogP contribution in [0.25, 0.3) is 5.65 Å². The van der Waals surface area contributed by atoms with E-state index in [1.54, 1.807) is 18.2 Å². The van der Waals surface area contributed by atoms with Gasteiger partial charge in [0.25, 0.3) is 5.91 Å². The molecule has 0 saturated heterocycles. The van der Waals surface area contributed by atoms with E-state index in [1.165, 1.54) is 0 Å². The third kappa shape index (κ3) is 3.06. The molecule has 2 heterocycles. The summed E-state index contributed by atoms with van der Waals surface area (Å²) in [5.41, 5.74) is 1.23. The third-order valence-corrected chi connectivity index (χ3v) is 3.59.